The first-order valence-electron chi connectivity index (χ1n) is 6.38. The van der Waals surface area contributed by atoms with Crippen LogP contribution in [0.1, 0.15) is 19.4 Å². The summed E-state index contributed by atoms with van der Waals surface area (Å²) >= 11 is 0. The molecule has 0 bridgehead atoms. The van der Waals surface area contributed by atoms with E-state index < -0.39 is 6.09 Å². The molecular formula is C14H20N2O3. The van der Waals surface area contributed by atoms with Gasteiger partial charge in [-0.1, -0.05) is 30.3 Å². The topological polar surface area (TPSA) is 60.9 Å². The SMILES string of the molecule is CCN(CC)C(=O)CN(Cc1ccccc1)C(=O)O. The van der Waals surface area contributed by atoms with Crippen LogP contribution in [0.5, 0.6) is 0 Å². The second kappa shape index (κ2) is 7.41. The Morgan fingerprint density at radius 1 is 1.05 bits per heavy atom. The van der Waals surface area contributed by atoms with E-state index in [0.29, 0.717) is 13.1 Å². The Morgan fingerprint density at radius 3 is 2.11 bits per heavy atom. The predicted octanol–water partition coefficient (Wildman–Crippen LogP) is 2.03. The molecule has 0 fully saturated rings. The molecule has 19 heavy (non-hydrogen) atoms. The van der Waals surface area contributed by atoms with Crippen molar-refractivity contribution in [3.8, 4) is 0 Å². The van der Waals surface area contributed by atoms with Gasteiger partial charge in [0.2, 0.25) is 5.91 Å². The Hall–Kier alpha value is -2.04. The minimum Gasteiger partial charge on any atom is -0.465 e. The quantitative estimate of drug-likeness (QED) is 0.855. The summed E-state index contributed by atoms with van der Waals surface area (Å²) in [5, 5.41) is 9.17. The van der Waals surface area contributed by atoms with Crippen LogP contribution in [0.2, 0.25) is 0 Å². The predicted molar refractivity (Wildman–Crippen MR) is 72.8 cm³/mol. The third kappa shape index (κ3) is 4.62. The molecule has 1 aromatic rings. The summed E-state index contributed by atoms with van der Waals surface area (Å²) in [5.41, 5.74) is 0.872. The third-order valence-electron chi connectivity index (χ3n) is 2.93. The molecule has 5 nitrogen and oxygen atoms in total. The summed E-state index contributed by atoms with van der Waals surface area (Å²) in [6, 6.07) is 9.26. The van der Waals surface area contributed by atoms with Gasteiger partial charge in [-0.25, -0.2) is 4.79 Å². The molecule has 0 aliphatic carbocycles. The Balaban J connectivity index is 2.69. The minimum absolute atomic E-state index is 0.105. The van der Waals surface area contributed by atoms with Crippen LogP contribution in [-0.4, -0.2) is 46.5 Å². The van der Waals surface area contributed by atoms with Gasteiger partial charge in [0.1, 0.15) is 6.54 Å². The van der Waals surface area contributed by atoms with Gasteiger partial charge in [0.25, 0.3) is 0 Å². The Bertz CT molecular complexity index is 416. The van der Waals surface area contributed by atoms with Gasteiger partial charge >= 0.3 is 6.09 Å². The lowest BCUT2D eigenvalue weighted by Gasteiger charge is -2.24. The molecule has 104 valence electrons. The number of hydrogen-bond donors (Lipinski definition) is 1. The number of benzene rings is 1. The summed E-state index contributed by atoms with van der Waals surface area (Å²) in [7, 11) is 0. The smallest absolute Gasteiger partial charge is 0.408 e. The first-order valence-corrected chi connectivity index (χ1v) is 6.38. The maximum Gasteiger partial charge on any atom is 0.408 e. The van der Waals surface area contributed by atoms with Crippen LogP contribution in [0.4, 0.5) is 4.79 Å². The van der Waals surface area contributed by atoms with Crippen molar-refractivity contribution in [1.29, 1.82) is 0 Å². The van der Waals surface area contributed by atoms with Gasteiger partial charge in [-0.05, 0) is 19.4 Å². The molecule has 0 unspecified atom stereocenters. The van der Waals surface area contributed by atoms with E-state index in [1.807, 2.05) is 44.2 Å². The lowest BCUT2D eigenvalue weighted by atomic mass is 10.2. The highest BCUT2D eigenvalue weighted by atomic mass is 16.4. The summed E-state index contributed by atoms with van der Waals surface area (Å²) in [6.07, 6.45) is -1.08. The van der Waals surface area contributed by atoms with E-state index >= 15 is 0 Å². The van der Waals surface area contributed by atoms with Crippen LogP contribution in [-0.2, 0) is 11.3 Å². The molecule has 0 aliphatic rings. The number of carboxylic acid groups (broad SMARTS) is 1. The lowest BCUT2D eigenvalue weighted by Crippen LogP contribution is -2.42. The van der Waals surface area contributed by atoms with E-state index in [0.717, 1.165) is 10.5 Å². The zero-order valence-corrected chi connectivity index (χ0v) is 11.4. The zero-order valence-electron chi connectivity index (χ0n) is 11.4. The van der Waals surface area contributed by atoms with E-state index in [2.05, 4.69) is 0 Å². The first kappa shape index (κ1) is 15.0. The fraction of sp³-hybridized carbons (Fsp3) is 0.429. The van der Waals surface area contributed by atoms with Crippen molar-refractivity contribution in [3.63, 3.8) is 0 Å². The summed E-state index contributed by atoms with van der Waals surface area (Å²) in [6.45, 7) is 5.06. The average Bonchev–Trinajstić information content (AvgIpc) is 2.40. The highest BCUT2D eigenvalue weighted by molar-refractivity contribution is 5.81. The molecular weight excluding hydrogens is 244 g/mol. The number of carbonyl (C=O) groups is 2. The van der Waals surface area contributed by atoms with Crippen LogP contribution < -0.4 is 0 Å². The zero-order chi connectivity index (χ0) is 14.3. The maximum atomic E-state index is 11.9. The molecule has 0 aromatic heterocycles. The average molecular weight is 264 g/mol. The number of likely N-dealkylation sites (N-methyl/N-ethyl adjacent to an activating group) is 1. The van der Waals surface area contributed by atoms with Crippen molar-refractivity contribution in [2.75, 3.05) is 19.6 Å². The molecule has 5 heteroatoms. The number of hydrogen-bond acceptors (Lipinski definition) is 2. The van der Waals surface area contributed by atoms with E-state index in [4.69, 9.17) is 5.11 Å². The van der Waals surface area contributed by atoms with Gasteiger partial charge in [0, 0.05) is 19.6 Å². The molecule has 0 radical (unpaired) electrons. The van der Waals surface area contributed by atoms with Crippen molar-refractivity contribution in [2.45, 2.75) is 20.4 Å². The second-order valence-electron chi connectivity index (χ2n) is 4.19. The fourth-order valence-electron chi connectivity index (χ4n) is 1.83. The van der Waals surface area contributed by atoms with Gasteiger partial charge in [-0.15, -0.1) is 0 Å². The Morgan fingerprint density at radius 2 is 1.63 bits per heavy atom. The molecule has 1 aromatic carbocycles. The van der Waals surface area contributed by atoms with Crippen molar-refractivity contribution in [1.82, 2.24) is 9.80 Å². The number of nitrogens with zero attached hydrogens (tertiary/aromatic N) is 2. The lowest BCUT2D eigenvalue weighted by molar-refractivity contribution is -0.131. The molecule has 0 saturated carbocycles. The molecule has 0 atom stereocenters. The maximum absolute atomic E-state index is 11.9. The highest BCUT2D eigenvalue weighted by Gasteiger charge is 2.19. The minimum atomic E-state index is -1.08. The van der Waals surface area contributed by atoms with Crippen molar-refractivity contribution < 1.29 is 14.7 Å². The summed E-state index contributed by atoms with van der Waals surface area (Å²) in [4.78, 5) is 25.9. The Labute approximate surface area is 113 Å². The van der Waals surface area contributed by atoms with Crippen molar-refractivity contribution in [3.05, 3.63) is 35.9 Å². The normalized spacial score (nSPS) is 10.0. The van der Waals surface area contributed by atoms with Gasteiger partial charge in [0.15, 0.2) is 0 Å². The summed E-state index contributed by atoms with van der Waals surface area (Å²) < 4.78 is 0. The molecule has 0 spiro atoms. The Kier molecular flexibility index (Phi) is 5.85. The van der Waals surface area contributed by atoms with Gasteiger partial charge in [0.05, 0.1) is 0 Å². The van der Waals surface area contributed by atoms with E-state index in [-0.39, 0.29) is 19.0 Å². The van der Waals surface area contributed by atoms with Crippen LogP contribution in [0.15, 0.2) is 30.3 Å². The van der Waals surface area contributed by atoms with E-state index in [1.165, 1.54) is 0 Å². The molecule has 2 amide bonds. The number of carbonyl (C=O) groups excluding carboxylic acids is 1. The fourth-order valence-corrected chi connectivity index (χ4v) is 1.83. The molecule has 0 aliphatic heterocycles. The van der Waals surface area contributed by atoms with Gasteiger partial charge in [-0.3, -0.25) is 9.69 Å². The van der Waals surface area contributed by atoms with Crippen LogP contribution in [0.25, 0.3) is 0 Å². The van der Waals surface area contributed by atoms with Gasteiger partial charge < -0.3 is 10.0 Å². The van der Waals surface area contributed by atoms with Crippen molar-refractivity contribution in [2.24, 2.45) is 0 Å². The van der Waals surface area contributed by atoms with Gasteiger partial charge in [-0.2, -0.15) is 0 Å². The monoisotopic (exact) mass is 264 g/mol. The largest absolute Gasteiger partial charge is 0.465 e. The van der Waals surface area contributed by atoms with Crippen LogP contribution in [0, 0.1) is 0 Å². The molecule has 1 rings (SSSR count). The summed E-state index contributed by atoms with van der Waals surface area (Å²) in [5.74, 6) is -0.164. The third-order valence-corrected chi connectivity index (χ3v) is 2.93. The molecule has 0 heterocycles. The van der Waals surface area contributed by atoms with Crippen molar-refractivity contribution >= 4 is 12.0 Å². The van der Waals surface area contributed by atoms with Crippen LogP contribution >= 0.6 is 0 Å². The highest BCUT2D eigenvalue weighted by Crippen LogP contribution is 2.05. The number of amides is 2. The first-order chi connectivity index (χ1) is 9.08. The second-order valence-corrected chi connectivity index (χ2v) is 4.19. The molecule has 1 N–H and O–H groups in total. The van der Waals surface area contributed by atoms with E-state index in [9.17, 15) is 9.59 Å². The number of rotatable bonds is 6. The standard InChI is InChI=1S/C14H20N2O3/c1-3-15(4-2)13(17)11-16(14(18)19)10-12-8-6-5-7-9-12/h5-9H,3-4,10-11H2,1-2H3,(H,18,19). The molecule has 0 saturated heterocycles. The van der Waals surface area contributed by atoms with E-state index in [1.54, 1.807) is 4.90 Å². The van der Waals surface area contributed by atoms with Crippen LogP contribution in [0.3, 0.4) is 0 Å².